The molecule has 0 radical (unpaired) electrons. The average molecular weight is 367 g/mol. The molecule has 0 spiro atoms. The predicted molar refractivity (Wildman–Crippen MR) is 103 cm³/mol. The molecule has 1 amide bonds. The third-order valence-electron chi connectivity index (χ3n) is 5.60. The summed E-state index contributed by atoms with van der Waals surface area (Å²) < 4.78 is 5.42. The second-order valence-electron chi connectivity index (χ2n) is 7.69. The lowest BCUT2D eigenvalue weighted by atomic mass is 9.89. The molecule has 5 heteroatoms. The summed E-state index contributed by atoms with van der Waals surface area (Å²) in [4.78, 5) is 14.5. The van der Waals surface area contributed by atoms with Crippen molar-refractivity contribution in [3.63, 3.8) is 0 Å². The summed E-state index contributed by atoms with van der Waals surface area (Å²) >= 11 is 0. The van der Waals surface area contributed by atoms with E-state index in [0.29, 0.717) is 31.0 Å². The molecule has 2 fully saturated rings. The number of benzene rings is 1. The van der Waals surface area contributed by atoms with E-state index < -0.39 is 0 Å². The molecule has 2 aliphatic rings. The molecule has 3 rings (SSSR count). The first-order chi connectivity index (χ1) is 11.5. The number of fused-ring (bicyclic) bond motifs is 2. The highest BCUT2D eigenvalue weighted by molar-refractivity contribution is 5.85. The number of halogens is 1. The van der Waals surface area contributed by atoms with Gasteiger partial charge in [0.25, 0.3) is 0 Å². The summed E-state index contributed by atoms with van der Waals surface area (Å²) in [5.74, 6) is 1.77. The minimum atomic E-state index is 0. The third-order valence-corrected chi connectivity index (χ3v) is 5.60. The van der Waals surface area contributed by atoms with E-state index in [1.807, 2.05) is 11.9 Å². The zero-order valence-corrected chi connectivity index (χ0v) is 16.6. The third kappa shape index (κ3) is 4.68. The van der Waals surface area contributed by atoms with Crippen LogP contribution in [0.2, 0.25) is 0 Å². The molecule has 2 heterocycles. The number of hydrogen-bond acceptors (Lipinski definition) is 3. The van der Waals surface area contributed by atoms with Crippen molar-refractivity contribution in [2.24, 2.45) is 5.92 Å². The van der Waals surface area contributed by atoms with Crippen molar-refractivity contribution in [3.05, 3.63) is 28.8 Å². The smallest absolute Gasteiger partial charge is 0.222 e. The maximum Gasteiger partial charge on any atom is 0.222 e. The Labute approximate surface area is 157 Å². The van der Waals surface area contributed by atoms with E-state index in [2.05, 4.69) is 31.3 Å². The zero-order valence-electron chi connectivity index (χ0n) is 15.8. The Balaban J connectivity index is 0.00000225. The van der Waals surface area contributed by atoms with Gasteiger partial charge in [-0.2, -0.15) is 0 Å². The van der Waals surface area contributed by atoms with Gasteiger partial charge in [0.1, 0.15) is 5.75 Å². The monoisotopic (exact) mass is 366 g/mol. The summed E-state index contributed by atoms with van der Waals surface area (Å²) in [6.07, 6.45) is 5.60. The van der Waals surface area contributed by atoms with Crippen molar-refractivity contribution in [1.82, 2.24) is 10.2 Å². The quantitative estimate of drug-likeness (QED) is 0.865. The van der Waals surface area contributed by atoms with Crippen LogP contribution in [0.3, 0.4) is 0 Å². The fourth-order valence-corrected chi connectivity index (χ4v) is 4.56. The molecular formula is C20H31ClN2O2. The van der Waals surface area contributed by atoms with Crippen LogP contribution >= 0.6 is 12.4 Å². The van der Waals surface area contributed by atoms with Crippen molar-refractivity contribution in [1.29, 1.82) is 0 Å². The lowest BCUT2D eigenvalue weighted by Gasteiger charge is -2.30. The highest BCUT2D eigenvalue weighted by atomic mass is 35.5. The molecular weight excluding hydrogens is 336 g/mol. The number of methoxy groups -OCH3 is 1. The van der Waals surface area contributed by atoms with Gasteiger partial charge >= 0.3 is 0 Å². The summed E-state index contributed by atoms with van der Waals surface area (Å²) in [5, 5.41) is 3.65. The zero-order chi connectivity index (χ0) is 17.3. The standard InChI is InChI=1S/C20H30N2O2.ClH/c1-13-7-16(8-14(2)20(13)24-4)12-22(3)19(23)11-15-9-17-5-6-18(10-15)21-17;/h7-8,15,17-18,21H,5-6,9-12H2,1-4H3;1H. The Morgan fingerprint density at radius 1 is 1.20 bits per heavy atom. The van der Waals surface area contributed by atoms with Crippen LogP contribution in [0.15, 0.2) is 12.1 Å². The molecule has 2 unspecified atom stereocenters. The highest BCUT2D eigenvalue weighted by Gasteiger charge is 2.34. The van der Waals surface area contributed by atoms with Gasteiger partial charge in [-0.3, -0.25) is 4.79 Å². The maximum absolute atomic E-state index is 12.6. The minimum absolute atomic E-state index is 0. The number of aryl methyl sites for hydroxylation is 2. The van der Waals surface area contributed by atoms with Crippen LogP contribution in [0.5, 0.6) is 5.75 Å². The average Bonchev–Trinajstić information content (AvgIpc) is 2.85. The Bertz CT molecular complexity index is 585. The molecule has 2 atom stereocenters. The molecule has 1 aromatic rings. The number of ether oxygens (including phenoxy) is 1. The SMILES string of the molecule is COc1c(C)cc(CN(C)C(=O)CC2CC3CCC(C2)N3)cc1C.Cl. The number of carbonyl (C=O) groups excluding carboxylic acids is 1. The van der Waals surface area contributed by atoms with Crippen LogP contribution in [0, 0.1) is 19.8 Å². The molecule has 2 bridgehead atoms. The fraction of sp³-hybridized carbons (Fsp3) is 0.650. The second kappa shape index (κ2) is 8.41. The second-order valence-corrected chi connectivity index (χ2v) is 7.69. The topological polar surface area (TPSA) is 41.6 Å². The van der Waals surface area contributed by atoms with Gasteiger partial charge in [0.2, 0.25) is 5.91 Å². The predicted octanol–water partition coefficient (Wildman–Crippen LogP) is 3.61. The van der Waals surface area contributed by atoms with Gasteiger partial charge < -0.3 is 15.0 Å². The molecule has 140 valence electrons. The largest absolute Gasteiger partial charge is 0.496 e. The normalized spacial score (nSPS) is 24.6. The first-order valence-electron chi connectivity index (χ1n) is 9.10. The van der Waals surface area contributed by atoms with Crippen LogP contribution in [-0.4, -0.2) is 37.0 Å². The molecule has 1 aromatic carbocycles. The van der Waals surface area contributed by atoms with Gasteiger partial charge in [-0.25, -0.2) is 0 Å². The summed E-state index contributed by atoms with van der Waals surface area (Å²) in [7, 11) is 3.63. The summed E-state index contributed by atoms with van der Waals surface area (Å²) in [6.45, 7) is 4.78. The fourth-order valence-electron chi connectivity index (χ4n) is 4.56. The number of nitrogens with zero attached hydrogens (tertiary/aromatic N) is 1. The van der Waals surface area contributed by atoms with Crippen molar-refractivity contribution in [2.75, 3.05) is 14.2 Å². The van der Waals surface area contributed by atoms with Crippen molar-refractivity contribution >= 4 is 18.3 Å². The molecule has 0 saturated carbocycles. The molecule has 4 nitrogen and oxygen atoms in total. The van der Waals surface area contributed by atoms with E-state index in [0.717, 1.165) is 29.7 Å². The van der Waals surface area contributed by atoms with E-state index in [9.17, 15) is 4.79 Å². The van der Waals surface area contributed by atoms with Gasteiger partial charge in [-0.1, -0.05) is 12.1 Å². The highest BCUT2D eigenvalue weighted by Crippen LogP contribution is 2.33. The summed E-state index contributed by atoms with van der Waals surface area (Å²) in [5.41, 5.74) is 3.43. The van der Waals surface area contributed by atoms with Gasteiger partial charge in [0, 0.05) is 32.1 Å². The molecule has 2 saturated heterocycles. The lowest BCUT2D eigenvalue weighted by molar-refractivity contribution is -0.131. The van der Waals surface area contributed by atoms with Gasteiger partial charge in [0.15, 0.2) is 0 Å². The number of amides is 1. The lowest BCUT2D eigenvalue weighted by Crippen LogP contribution is -2.39. The van der Waals surface area contributed by atoms with Gasteiger partial charge in [-0.05, 0) is 62.1 Å². The van der Waals surface area contributed by atoms with Crippen LogP contribution in [-0.2, 0) is 11.3 Å². The Hall–Kier alpha value is -1.26. The first-order valence-corrected chi connectivity index (χ1v) is 9.10. The van der Waals surface area contributed by atoms with E-state index >= 15 is 0 Å². The molecule has 2 aliphatic heterocycles. The van der Waals surface area contributed by atoms with Crippen LogP contribution < -0.4 is 10.1 Å². The molecule has 25 heavy (non-hydrogen) atoms. The molecule has 1 N–H and O–H groups in total. The number of piperidine rings is 1. The number of rotatable bonds is 5. The Morgan fingerprint density at radius 3 is 2.28 bits per heavy atom. The number of carbonyl (C=O) groups is 1. The van der Waals surface area contributed by atoms with Crippen LogP contribution in [0.25, 0.3) is 0 Å². The van der Waals surface area contributed by atoms with Crippen LogP contribution in [0.1, 0.15) is 48.8 Å². The van der Waals surface area contributed by atoms with E-state index in [4.69, 9.17) is 4.74 Å². The summed E-state index contributed by atoms with van der Waals surface area (Å²) in [6, 6.07) is 5.55. The van der Waals surface area contributed by atoms with Crippen molar-refractivity contribution in [3.8, 4) is 5.75 Å². The van der Waals surface area contributed by atoms with E-state index in [1.54, 1.807) is 7.11 Å². The van der Waals surface area contributed by atoms with E-state index in [-0.39, 0.29) is 18.3 Å². The van der Waals surface area contributed by atoms with E-state index in [1.165, 1.54) is 18.4 Å². The first kappa shape index (κ1) is 20.1. The van der Waals surface area contributed by atoms with Crippen LogP contribution in [0.4, 0.5) is 0 Å². The van der Waals surface area contributed by atoms with Crippen molar-refractivity contribution in [2.45, 2.75) is 64.6 Å². The van der Waals surface area contributed by atoms with Gasteiger partial charge in [0.05, 0.1) is 7.11 Å². The maximum atomic E-state index is 12.6. The Morgan fingerprint density at radius 2 is 1.76 bits per heavy atom. The molecule has 0 aromatic heterocycles. The minimum Gasteiger partial charge on any atom is -0.496 e. The Kier molecular flexibility index (Phi) is 6.75. The number of hydrogen-bond donors (Lipinski definition) is 1. The number of nitrogens with one attached hydrogen (secondary N) is 1. The van der Waals surface area contributed by atoms with Gasteiger partial charge in [-0.15, -0.1) is 12.4 Å². The molecule has 0 aliphatic carbocycles. The van der Waals surface area contributed by atoms with Crippen molar-refractivity contribution < 1.29 is 9.53 Å².